The summed E-state index contributed by atoms with van der Waals surface area (Å²) in [5.41, 5.74) is 0. The molecule has 152 valence electrons. The molecule has 0 N–H and O–H groups in total. The van der Waals surface area contributed by atoms with Crippen molar-refractivity contribution in [1.29, 1.82) is 0 Å². The largest absolute Gasteiger partial charge is 0.490 e. The molecule has 0 aliphatic rings. The fraction of sp³-hybridized carbons (Fsp3) is 0.300. The number of hydrogen-bond donors (Lipinski definition) is 0. The van der Waals surface area contributed by atoms with Gasteiger partial charge in [-0.05, 0) is 37.1 Å². The van der Waals surface area contributed by atoms with Crippen LogP contribution in [0.3, 0.4) is 0 Å². The van der Waals surface area contributed by atoms with Crippen molar-refractivity contribution in [1.82, 2.24) is 9.97 Å². The van der Waals surface area contributed by atoms with Gasteiger partial charge in [0, 0.05) is 37.6 Å². The van der Waals surface area contributed by atoms with E-state index < -0.39 is 0 Å². The maximum atomic E-state index is 9.68. The van der Waals surface area contributed by atoms with Gasteiger partial charge in [0.05, 0.1) is 0 Å². The molecule has 0 radical (unpaired) electrons. The molecule has 0 saturated carbocycles. The first-order valence-electron chi connectivity index (χ1n) is 8.37. The van der Waals surface area contributed by atoms with E-state index in [0.717, 1.165) is 36.9 Å². The lowest BCUT2D eigenvalue weighted by atomic mass is 10.2. The van der Waals surface area contributed by atoms with Gasteiger partial charge in [0.15, 0.2) is 0 Å². The highest BCUT2D eigenvalue weighted by molar-refractivity contribution is 5.50. The zero-order valence-electron chi connectivity index (χ0n) is 15.8. The maximum absolute atomic E-state index is 9.68. The normalized spacial score (nSPS) is 8.29. The minimum absolute atomic E-state index is 0.506. The van der Waals surface area contributed by atoms with E-state index in [1.165, 1.54) is 0 Å². The van der Waals surface area contributed by atoms with E-state index in [1.54, 1.807) is 24.8 Å². The molecular weight excluding hydrogens is 364 g/mol. The molecule has 0 spiro atoms. The number of hydrogen-bond acceptors (Lipinski definition) is 8. The second-order valence-electron chi connectivity index (χ2n) is 4.68. The van der Waals surface area contributed by atoms with Crippen LogP contribution in [-0.2, 0) is 19.2 Å². The predicted octanol–water partition coefficient (Wildman–Crippen LogP) is 2.51. The average Bonchev–Trinajstić information content (AvgIpc) is 2.79. The van der Waals surface area contributed by atoms with Gasteiger partial charge in [-0.15, -0.1) is 0 Å². The SMILES string of the molecule is C=O.C=O.O=CCCCCC=O.c1cc(OCCOc2ccncc2)ccn1. The smallest absolute Gasteiger partial charge is 0.122 e. The Bertz CT molecular complexity index is 530. The fourth-order valence-electron chi connectivity index (χ4n) is 1.64. The van der Waals surface area contributed by atoms with Gasteiger partial charge in [-0.25, -0.2) is 0 Å². The molecule has 28 heavy (non-hydrogen) atoms. The zero-order valence-corrected chi connectivity index (χ0v) is 15.8. The van der Waals surface area contributed by atoms with E-state index in [-0.39, 0.29) is 0 Å². The molecule has 0 aliphatic heterocycles. The van der Waals surface area contributed by atoms with Gasteiger partial charge in [-0.2, -0.15) is 0 Å². The molecule has 0 fully saturated rings. The van der Waals surface area contributed by atoms with Crippen molar-refractivity contribution < 1.29 is 28.7 Å². The highest BCUT2D eigenvalue weighted by Crippen LogP contribution is 2.08. The third-order valence-electron chi connectivity index (χ3n) is 2.81. The van der Waals surface area contributed by atoms with E-state index in [1.807, 2.05) is 37.8 Å². The number of rotatable bonds is 10. The highest BCUT2D eigenvalue weighted by Gasteiger charge is 1.94. The molecule has 8 nitrogen and oxygen atoms in total. The van der Waals surface area contributed by atoms with Crippen LogP contribution in [0.4, 0.5) is 0 Å². The van der Waals surface area contributed by atoms with Crippen LogP contribution in [0.15, 0.2) is 49.1 Å². The summed E-state index contributed by atoms with van der Waals surface area (Å²) in [7, 11) is 0. The minimum atomic E-state index is 0.506. The number of nitrogens with zero attached hydrogens (tertiary/aromatic N) is 2. The fourth-order valence-corrected chi connectivity index (χ4v) is 1.64. The van der Waals surface area contributed by atoms with E-state index in [9.17, 15) is 9.59 Å². The van der Waals surface area contributed by atoms with Crippen LogP contribution in [0.5, 0.6) is 11.5 Å². The molecule has 2 aromatic heterocycles. The van der Waals surface area contributed by atoms with Gasteiger partial charge in [0.1, 0.15) is 50.9 Å². The Labute approximate surface area is 164 Å². The summed E-state index contributed by atoms with van der Waals surface area (Å²) in [4.78, 5) is 43.2. The van der Waals surface area contributed by atoms with Crippen molar-refractivity contribution in [3.05, 3.63) is 49.1 Å². The quantitative estimate of drug-likeness (QED) is 0.449. The zero-order chi connectivity index (χ0) is 21.3. The van der Waals surface area contributed by atoms with Crippen LogP contribution >= 0.6 is 0 Å². The lowest BCUT2D eigenvalue weighted by Crippen LogP contribution is -2.08. The van der Waals surface area contributed by atoms with E-state index in [2.05, 4.69) is 9.97 Å². The number of aldehydes is 2. The number of unbranched alkanes of at least 4 members (excludes halogenated alkanes) is 3. The van der Waals surface area contributed by atoms with E-state index in [4.69, 9.17) is 19.1 Å². The molecule has 0 atom stereocenters. The third kappa shape index (κ3) is 17.4. The van der Waals surface area contributed by atoms with Crippen molar-refractivity contribution in [2.75, 3.05) is 13.2 Å². The molecule has 0 amide bonds. The Morgan fingerprint density at radius 3 is 1.29 bits per heavy atom. The van der Waals surface area contributed by atoms with Crippen LogP contribution in [0.1, 0.15) is 25.7 Å². The number of carbonyl (C=O) groups excluding carboxylic acids is 4. The van der Waals surface area contributed by atoms with Crippen molar-refractivity contribution in [2.45, 2.75) is 25.7 Å². The Morgan fingerprint density at radius 2 is 1.00 bits per heavy atom. The Morgan fingerprint density at radius 1 is 0.679 bits per heavy atom. The van der Waals surface area contributed by atoms with Crippen LogP contribution in [0, 0.1) is 0 Å². The molecule has 0 bridgehead atoms. The first-order valence-corrected chi connectivity index (χ1v) is 8.37. The Hall–Kier alpha value is -3.42. The van der Waals surface area contributed by atoms with Crippen molar-refractivity contribution >= 4 is 26.2 Å². The van der Waals surface area contributed by atoms with Crippen LogP contribution < -0.4 is 9.47 Å². The van der Waals surface area contributed by atoms with Gasteiger partial charge in [0.25, 0.3) is 0 Å². The number of aromatic nitrogens is 2. The number of ether oxygens (including phenoxy) is 2. The summed E-state index contributed by atoms with van der Waals surface area (Å²) in [5, 5.41) is 0. The van der Waals surface area contributed by atoms with Crippen LogP contribution in [-0.4, -0.2) is 49.3 Å². The summed E-state index contributed by atoms with van der Waals surface area (Å²) in [6.45, 7) is 5.01. The van der Waals surface area contributed by atoms with E-state index in [0.29, 0.717) is 26.1 Å². The molecule has 0 saturated heterocycles. The van der Waals surface area contributed by atoms with Crippen molar-refractivity contribution in [2.24, 2.45) is 0 Å². The third-order valence-corrected chi connectivity index (χ3v) is 2.81. The summed E-state index contributed by atoms with van der Waals surface area (Å²) >= 11 is 0. The molecule has 0 aromatic carbocycles. The second kappa shape index (κ2) is 23.6. The van der Waals surface area contributed by atoms with Gasteiger partial charge in [0.2, 0.25) is 0 Å². The topological polar surface area (TPSA) is 113 Å². The molecule has 2 rings (SSSR count). The molecule has 2 aromatic rings. The maximum Gasteiger partial charge on any atom is 0.122 e. The predicted molar refractivity (Wildman–Crippen MR) is 104 cm³/mol. The summed E-state index contributed by atoms with van der Waals surface area (Å²) in [6.07, 6.45) is 11.4. The monoisotopic (exact) mass is 390 g/mol. The average molecular weight is 390 g/mol. The Kier molecular flexibility index (Phi) is 22.6. The van der Waals surface area contributed by atoms with Gasteiger partial charge < -0.3 is 28.7 Å². The molecule has 0 unspecified atom stereocenters. The molecule has 2 heterocycles. The standard InChI is InChI=1S/C12H12N2O2.C6H10O2.2CH2O/c1-5-13-6-2-11(1)15-9-10-16-12-3-7-14-8-4-12;7-5-3-1-2-4-6-8;2*1-2/h1-8H,9-10H2;5-6H,1-4H2;2*1H2. The summed E-state index contributed by atoms with van der Waals surface area (Å²) < 4.78 is 10.9. The molecule has 0 aliphatic carbocycles. The number of carbonyl (C=O) groups is 4. The van der Waals surface area contributed by atoms with Crippen LogP contribution in [0.25, 0.3) is 0 Å². The van der Waals surface area contributed by atoms with Gasteiger partial charge >= 0.3 is 0 Å². The first-order chi connectivity index (χ1) is 13.9. The second-order valence-corrected chi connectivity index (χ2v) is 4.68. The van der Waals surface area contributed by atoms with Crippen molar-refractivity contribution in [3.63, 3.8) is 0 Å². The van der Waals surface area contributed by atoms with Crippen LogP contribution in [0.2, 0.25) is 0 Å². The Balaban J connectivity index is 0. The van der Waals surface area contributed by atoms with E-state index >= 15 is 0 Å². The minimum Gasteiger partial charge on any atom is -0.490 e. The van der Waals surface area contributed by atoms with Gasteiger partial charge in [-0.3, -0.25) is 9.97 Å². The molecule has 8 heteroatoms. The first kappa shape index (κ1) is 26.8. The lowest BCUT2D eigenvalue weighted by molar-refractivity contribution is -0.109. The summed E-state index contributed by atoms with van der Waals surface area (Å²) in [5.74, 6) is 1.60. The lowest BCUT2D eigenvalue weighted by Gasteiger charge is -2.07. The summed E-state index contributed by atoms with van der Waals surface area (Å²) in [6, 6.07) is 7.25. The van der Waals surface area contributed by atoms with Gasteiger partial charge in [-0.1, -0.05) is 0 Å². The van der Waals surface area contributed by atoms with Crippen molar-refractivity contribution in [3.8, 4) is 11.5 Å². The molecular formula is C20H26N2O6. The highest BCUT2D eigenvalue weighted by atomic mass is 16.5. The number of pyridine rings is 2.